The molecule has 0 radical (unpaired) electrons. The van der Waals surface area contributed by atoms with Gasteiger partial charge in [0.1, 0.15) is 22.3 Å². The minimum absolute atomic E-state index is 0.856. The molecule has 3 nitrogen and oxygen atoms in total. The molecule has 0 aliphatic heterocycles. The van der Waals surface area contributed by atoms with E-state index in [1.807, 2.05) is 12.1 Å². The van der Waals surface area contributed by atoms with Crippen molar-refractivity contribution >= 4 is 82.5 Å². The van der Waals surface area contributed by atoms with Crippen molar-refractivity contribution < 1.29 is 8.83 Å². The molecule has 0 N–H and O–H groups in total. The molecule has 3 heteroatoms. The van der Waals surface area contributed by atoms with Crippen LogP contribution in [0.4, 0.5) is 17.1 Å². The van der Waals surface area contributed by atoms with E-state index < -0.39 is 0 Å². The molecule has 0 spiro atoms. The number of nitrogens with zero attached hydrogens (tertiary/aromatic N) is 1. The minimum Gasteiger partial charge on any atom is -0.456 e. The van der Waals surface area contributed by atoms with Gasteiger partial charge in [-0.05, 0) is 87.6 Å². The van der Waals surface area contributed by atoms with Crippen LogP contribution in [0.2, 0.25) is 0 Å². The number of fused-ring (bicyclic) bond motifs is 9. The fourth-order valence-corrected chi connectivity index (χ4v) is 8.10. The van der Waals surface area contributed by atoms with Gasteiger partial charge in [-0.25, -0.2) is 0 Å². The third-order valence-electron chi connectivity index (χ3n) is 10.6. The van der Waals surface area contributed by atoms with Gasteiger partial charge in [0.2, 0.25) is 0 Å². The summed E-state index contributed by atoms with van der Waals surface area (Å²) in [5.41, 5.74) is 11.3. The van der Waals surface area contributed by atoms with E-state index in [4.69, 9.17) is 8.83 Å². The number of hydrogen-bond acceptors (Lipinski definition) is 3. The number of para-hydroxylation sites is 1. The van der Waals surface area contributed by atoms with Crippen molar-refractivity contribution in [1.29, 1.82) is 0 Å². The highest BCUT2D eigenvalue weighted by molar-refractivity contribution is 6.21. The molecule has 0 amide bonds. The molecule has 0 bridgehead atoms. The van der Waals surface area contributed by atoms with E-state index in [2.05, 4.69) is 181 Å². The van der Waals surface area contributed by atoms with Crippen molar-refractivity contribution in [2.45, 2.75) is 0 Å². The van der Waals surface area contributed by atoms with Gasteiger partial charge in [-0.3, -0.25) is 0 Å². The topological polar surface area (TPSA) is 29.5 Å². The van der Waals surface area contributed by atoms with Gasteiger partial charge < -0.3 is 13.7 Å². The number of benzene rings is 9. The van der Waals surface area contributed by atoms with Gasteiger partial charge in [-0.15, -0.1) is 0 Å². The Labute approximate surface area is 305 Å². The van der Waals surface area contributed by atoms with E-state index in [0.717, 1.165) is 77.3 Å². The number of furan rings is 2. The molecular formula is C50H31NO2. The highest BCUT2D eigenvalue weighted by atomic mass is 16.3. The van der Waals surface area contributed by atoms with Crippen LogP contribution in [0.1, 0.15) is 0 Å². The lowest BCUT2D eigenvalue weighted by Crippen LogP contribution is -2.11. The average Bonchev–Trinajstić information content (AvgIpc) is 3.80. The Bertz CT molecular complexity index is 3170. The van der Waals surface area contributed by atoms with Crippen LogP contribution in [-0.4, -0.2) is 0 Å². The van der Waals surface area contributed by atoms with E-state index >= 15 is 0 Å². The highest BCUT2D eigenvalue weighted by Crippen LogP contribution is 2.48. The maximum absolute atomic E-state index is 6.81. The van der Waals surface area contributed by atoms with Crippen LogP contribution in [-0.2, 0) is 0 Å². The van der Waals surface area contributed by atoms with Crippen molar-refractivity contribution in [3.8, 4) is 22.3 Å². The second kappa shape index (κ2) is 11.7. The van der Waals surface area contributed by atoms with Crippen molar-refractivity contribution in [1.82, 2.24) is 0 Å². The first-order valence-electron chi connectivity index (χ1n) is 18.0. The Kier molecular flexibility index (Phi) is 6.55. The first kappa shape index (κ1) is 29.6. The van der Waals surface area contributed by atoms with Gasteiger partial charge in [-0.2, -0.15) is 0 Å². The molecule has 9 aromatic carbocycles. The average molecular weight is 678 g/mol. The smallest absolute Gasteiger partial charge is 0.143 e. The molecule has 53 heavy (non-hydrogen) atoms. The van der Waals surface area contributed by atoms with E-state index in [1.165, 1.54) is 27.5 Å². The zero-order chi connectivity index (χ0) is 34.9. The monoisotopic (exact) mass is 677 g/mol. The summed E-state index contributed by atoms with van der Waals surface area (Å²) in [6.45, 7) is 0. The van der Waals surface area contributed by atoms with E-state index in [1.54, 1.807) is 0 Å². The van der Waals surface area contributed by atoms with Gasteiger partial charge in [0.25, 0.3) is 0 Å². The van der Waals surface area contributed by atoms with E-state index in [-0.39, 0.29) is 0 Å². The van der Waals surface area contributed by atoms with Crippen molar-refractivity contribution in [3.05, 3.63) is 188 Å². The maximum atomic E-state index is 6.81. The zero-order valence-electron chi connectivity index (χ0n) is 28.7. The Morgan fingerprint density at radius 3 is 1.85 bits per heavy atom. The molecule has 11 aromatic rings. The van der Waals surface area contributed by atoms with Crippen LogP contribution >= 0.6 is 0 Å². The number of anilines is 3. The van der Waals surface area contributed by atoms with Crippen LogP contribution in [0.5, 0.6) is 0 Å². The summed E-state index contributed by atoms with van der Waals surface area (Å²) in [4.78, 5) is 2.39. The highest BCUT2D eigenvalue weighted by Gasteiger charge is 2.23. The van der Waals surface area contributed by atoms with Gasteiger partial charge in [0.05, 0.1) is 16.8 Å². The SMILES string of the molecule is c1ccc(-c2ccc(N(c3cc4c5ccc(-c6ccc7ccccc7c6)cc5oc4c4ccccc34)c3cccc4oc5ccccc5c34)cc2)cc1. The summed E-state index contributed by atoms with van der Waals surface area (Å²) in [5.74, 6) is 0. The number of hydrogen-bond donors (Lipinski definition) is 0. The molecule has 2 aromatic heterocycles. The van der Waals surface area contributed by atoms with Crippen LogP contribution < -0.4 is 4.90 Å². The number of rotatable bonds is 5. The Hall–Kier alpha value is -7.10. The van der Waals surface area contributed by atoms with Crippen molar-refractivity contribution in [2.75, 3.05) is 4.90 Å². The molecular weight excluding hydrogens is 647 g/mol. The lowest BCUT2D eigenvalue weighted by molar-refractivity contribution is 0.669. The first-order valence-corrected chi connectivity index (χ1v) is 18.0. The summed E-state index contributed by atoms with van der Waals surface area (Å²) in [6, 6.07) is 66.8. The fourth-order valence-electron chi connectivity index (χ4n) is 8.10. The summed E-state index contributed by atoms with van der Waals surface area (Å²) in [7, 11) is 0. The van der Waals surface area contributed by atoms with E-state index in [9.17, 15) is 0 Å². The largest absolute Gasteiger partial charge is 0.456 e. The lowest BCUT2D eigenvalue weighted by atomic mass is 9.98. The molecule has 0 saturated carbocycles. The van der Waals surface area contributed by atoms with Crippen LogP contribution in [0.25, 0.3) is 87.7 Å². The molecule has 0 aliphatic carbocycles. The second-order valence-electron chi connectivity index (χ2n) is 13.7. The molecule has 0 atom stereocenters. The third kappa shape index (κ3) is 4.75. The quantitative estimate of drug-likeness (QED) is 0.182. The molecule has 0 saturated heterocycles. The fraction of sp³-hybridized carbons (Fsp3) is 0. The van der Waals surface area contributed by atoms with Crippen LogP contribution in [0, 0.1) is 0 Å². The summed E-state index contributed by atoms with van der Waals surface area (Å²) in [5, 5.41) is 8.96. The van der Waals surface area contributed by atoms with Gasteiger partial charge in [0, 0.05) is 32.6 Å². The summed E-state index contributed by atoms with van der Waals surface area (Å²) >= 11 is 0. The summed E-state index contributed by atoms with van der Waals surface area (Å²) < 4.78 is 13.2. The third-order valence-corrected chi connectivity index (χ3v) is 10.6. The Morgan fingerprint density at radius 1 is 0.321 bits per heavy atom. The molecule has 2 heterocycles. The Balaban J connectivity index is 1.16. The summed E-state index contributed by atoms with van der Waals surface area (Å²) in [6.07, 6.45) is 0. The van der Waals surface area contributed by atoms with Gasteiger partial charge in [-0.1, -0.05) is 133 Å². The predicted molar refractivity (Wildman–Crippen MR) is 222 cm³/mol. The standard InChI is InChI=1S/C50H31NO2/c1-2-11-32(12-3-1)34-23-26-38(27-24-34)51(44-18-10-20-47-49(44)42-17-8-9-19-46(42)52-47)45-31-43-40-28-25-37(36-22-21-33-13-4-5-14-35(33)29-36)30-48(40)53-50(43)41-16-7-6-15-39(41)45/h1-31H. The van der Waals surface area contributed by atoms with E-state index in [0.29, 0.717) is 0 Å². The maximum Gasteiger partial charge on any atom is 0.143 e. The zero-order valence-corrected chi connectivity index (χ0v) is 28.7. The minimum atomic E-state index is 0.856. The van der Waals surface area contributed by atoms with Crippen molar-refractivity contribution in [2.24, 2.45) is 0 Å². The molecule has 11 rings (SSSR count). The van der Waals surface area contributed by atoms with Crippen LogP contribution in [0.15, 0.2) is 197 Å². The molecule has 248 valence electrons. The van der Waals surface area contributed by atoms with Crippen molar-refractivity contribution in [3.63, 3.8) is 0 Å². The molecule has 0 unspecified atom stereocenters. The molecule has 0 aliphatic rings. The molecule has 0 fully saturated rings. The predicted octanol–water partition coefficient (Wildman–Crippen LogP) is 14.6. The lowest BCUT2D eigenvalue weighted by Gasteiger charge is -2.28. The van der Waals surface area contributed by atoms with Gasteiger partial charge in [0.15, 0.2) is 0 Å². The first-order chi connectivity index (χ1) is 26.3. The van der Waals surface area contributed by atoms with Crippen LogP contribution in [0.3, 0.4) is 0 Å². The Morgan fingerprint density at radius 2 is 0.981 bits per heavy atom. The second-order valence-corrected chi connectivity index (χ2v) is 13.7. The normalized spacial score (nSPS) is 11.8. The van der Waals surface area contributed by atoms with Gasteiger partial charge >= 0.3 is 0 Å².